The van der Waals surface area contributed by atoms with E-state index in [1.54, 1.807) is 20.3 Å². The average molecular weight is 266 g/mol. The fourth-order valence-electron chi connectivity index (χ4n) is 2.60. The molecule has 0 radical (unpaired) electrons. The Morgan fingerprint density at radius 3 is 2.42 bits per heavy atom. The van der Waals surface area contributed by atoms with Crippen molar-refractivity contribution < 1.29 is 14.6 Å². The summed E-state index contributed by atoms with van der Waals surface area (Å²) in [6, 6.07) is 3.57. The number of aromatic nitrogens is 1. The maximum Gasteiger partial charge on any atom is 0.159 e. The Balaban J connectivity index is 1.97. The number of hydrogen-bond acceptors (Lipinski definition) is 5. The Kier molecular flexibility index (Phi) is 4.61. The van der Waals surface area contributed by atoms with Gasteiger partial charge >= 0.3 is 0 Å². The molecule has 1 saturated heterocycles. The molecule has 0 saturated carbocycles. The van der Waals surface area contributed by atoms with E-state index in [1.807, 2.05) is 13.0 Å². The zero-order valence-electron chi connectivity index (χ0n) is 11.8. The average Bonchev–Trinajstić information content (AvgIpc) is 2.44. The van der Waals surface area contributed by atoms with Crippen molar-refractivity contribution in [2.24, 2.45) is 5.92 Å². The molecule has 0 spiro atoms. The van der Waals surface area contributed by atoms with Gasteiger partial charge in [-0.25, -0.2) is 4.98 Å². The molecular weight excluding hydrogens is 244 g/mol. The van der Waals surface area contributed by atoms with Gasteiger partial charge in [-0.2, -0.15) is 0 Å². The molecule has 2 heterocycles. The monoisotopic (exact) mass is 266 g/mol. The lowest BCUT2D eigenvalue weighted by molar-refractivity contribution is -0.141. The van der Waals surface area contributed by atoms with E-state index in [-0.39, 0.29) is 12.0 Å². The summed E-state index contributed by atoms with van der Waals surface area (Å²) in [5.74, 6) is 1.61. The van der Waals surface area contributed by atoms with Gasteiger partial charge in [0.25, 0.3) is 0 Å². The van der Waals surface area contributed by atoms with E-state index < -0.39 is 0 Å². The maximum atomic E-state index is 9.51. The van der Waals surface area contributed by atoms with Gasteiger partial charge in [0.1, 0.15) is 11.6 Å². The highest BCUT2D eigenvalue weighted by Gasteiger charge is 2.27. The summed E-state index contributed by atoms with van der Waals surface area (Å²) in [7, 11) is 3.37. The molecule has 1 aromatic heterocycles. The molecule has 0 aromatic carbocycles. The Morgan fingerprint density at radius 1 is 1.26 bits per heavy atom. The normalized spacial score (nSPS) is 17.2. The van der Waals surface area contributed by atoms with Gasteiger partial charge in [-0.3, -0.25) is 0 Å². The molecule has 1 aliphatic rings. The van der Waals surface area contributed by atoms with E-state index in [9.17, 15) is 5.11 Å². The number of methoxy groups -OCH3 is 2. The number of aromatic hydroxyl groups is 1. The molecule has 1 aromatic rings. The molecule has 106 valence electrons. The summed E-state index contributed by atoms with van der Waals surface area (Å²) in [5.41, 5.74) is 0.672. The summed E-state index contributed by atoms with van der Waals surface area (Å²) in [6.07, 6.45) is 1.93. The topological polar surface area (TPSA) is 54.8 Å². The van der Waals surface area contributed by atoms with E-state index in [1.165, 1.54) is 0 Å². The van der Waals surface area contributed by atoms with E-state index in [4.69, 9.17) is 9.47 Å². The van der Waals surface area contributed by atoms with Crippen LogP contribution in [0.2, 0.25) is 0 Å². The molecular formula is C14H22N2O3. The number of nitrogens with zero attached hydrogens (tertiary/aromatic N) is 2. The van der Waals surface area contributed by atoms with Gasteiger partial charge in [0.15, 0.2) is 6.29 Å². The Morgan fingerprint density at radius 2 is 1.89 bits per heavy atom. The fourth-order valence-corrected chi connectivity index (χ4v) is 2.60. The second-order valence-electron chi connectivity index (χ2n) is 4.94. The number of anilines is 1. The molecule has 2 rings (SSSR count). The van der Waals surface area contributed by atoms with Crippen molar-refractivity contribution in [3.8, 4) is 5.75 Å². The lowest BCUT2D eigenvalue weighted by atomic mass is 9.96. The van der Waals surface area contributed by atoms with Crippen LogP contribution in [0.15, 0.2) is 12.1 Å². The zero-order chi connectivity index (χ0) is 13.8. The zero-order valence-corrected chi connectivity index (χ0v) is 11.8. The van der Waals surface area contributed by atoms with Crippen LogP contribution in [0.1, 0.15) is 18.5 Å². The van der Waals surface area contributed by atoms with Crippen LogP contribution >= 0.6 is 0 Å². The highest BCUT2D eigenvalue weighted by atomic mass is 16.7. The number of ether oxygens (including phenoxy) is 2. The summed E-state index contributed by atoms with van der Waals surface area (Å²) in [6.45, 7) is 3.69. The molecule has 0 aliphatic carbocycles. The van der Waals surface area contributed by atoms with Crippen molar-refractivity contribution >= 4 is 5.82 Å². The SMILES string of the molecule is COC(OC)C1CCN(c2ccc(O)c(C)n2)CC1. The third-order valence-corrected chi connectivity index (χ3v) is 3.76. The van der Waals surface area contributed by atoms with Gasteiger partial charge in [0, 0.05) is 33.2 Å². The van der Waals surface area contributed by atoms with Crippen molar-refractivity contribution in [1.82, 2.24) is 4.98 Å². The maximum absolute atomic E-state index is 9.51. The minimum atomic E-state index is -0.114. The first kappa shape index (κ1) is 14.1. The minimum absolute atomic E-state index is 0.114. The van der Waals surface area contributed by atoms with E-state index in [2.05, 4.69) is 9.88 Å². The van der Waals surface area contributed by atoms with E-state index in [0.717, 1.165) is 31.7 Å². The number of hydrogen-bond donors (Lipinski definition) is 1. The minimum Gasteiger partial charge on any atom is -0.506 e. The van der Waals surface area contributed by atoms with Crippen LogP contribution in [-0.4, -0.2) is 43.7 Å². The highest BCUT2D eigenvalue weighted by molar-refractivity contribution is 5.43. The quantitative estimate of drug-likeness (QED) is 0.844. The largest absolute Gasteiger partial charge is 0.506 e. The Labute approximate surface area is 114 Å². The summed E-state index contributed by atoms with van der Waals surface area (Å²) < 4.78 is 10.7. The van der Waals surface area contributed by atoms with Crippen LogP contribution in [0.25, 0.3) is 0 Å². The standard InChI is InChI=1S/C14H22N2O3/c1-10-12(17)4-5-13(15-10)16-8-6-11(7-9-16)14(18-2)19-3/h4-5,11,14,17H,6-9H2,1-3H3. The van der Waals surface area contributed by atoms with Crippen LogP contribution < -0.4 is 4.90 Å². The molecule has 5 heteroatoms. The van der Waals surface area contributed by atoms with Gasteiger partial charge in [-0.15, -0.1) is 0 Å². The Bertz CT molecular complexity index is 413. The molecule has 0 unspecified atom stereocenters. The van der Waals surface area contributed by atoms with Gasteiger partial charge < -0.3 is 19.5 Å². The van der Waals surface area contributed by atoms with E-state index >= 15 is 0 Å². The molecule has 1 N–H and O–H groups in total. The predicted octanol–water partition coefficient (Wildman–Crippen LogP) is 1.93. The van der Waals surface area contributed by atoms with Crippen LogP contribution in [0.4, 0.5) is 5.82 Å². The van der Waals surface area contributed by atoms with Crippen LogP contribution in [-0.2, 0) is 9.47 Å². The van der Waals surface area contributed by atoms with Gasteiger partial charge in [-0.1, -0.05) is 0 Å². The second kappa shape index (κ2) is 6.21. The van der Waals surface area contributed by atoms with Crippen molar-refractivity contribution in [3.63, 3.8) is 0 Å². The number of rotatable bonds is 4. The van der Waals surface area contributed by atoms with Gasteiger partial charge in [0.05, 0.1) is 5.69 Å². The third-order valence-electron chi connectivity index (χ3n) is 3.76. The highest BCUT2D eigenvalue weighted by Crippen LogP contribution is 2.27. The van der Waals surface area contributed by atoms with Crippen molar-refractivity contribution in [1.29, 1.82) is 0 Å². The number of piperidine rings is 1. The summed E-state index contributed by atoms with van der Waals surface area (Å²) in [5, 5.41) is 9.51. The molecule has 0 amide bonds. The number of aryl methyl sites for hydroxylation is 1. The molecule has 1 aliphatic heterocycles. The summed E-state index contributed by atoms with van der Waals surface area (Å²) in [4.78, 5) is 6.66. The fraction of sp³-hybridized carbons (Fsp3) is 0.643. The third kappa shape index (κ3) is 3.16. The first-order valence-corrected chi connectivity index (χ1v) is 6.63. The lowest BCUT2D eigenvalue weighted by Gasteiger charge is -2.35. The Hall–Kier alpha value is -1.33. The van der Waals surface area contributed by atoms with Gasteiger partial charge in [-0.05, 0) is 31.9 Å². The molecule has 19 heavy (non-hydrogen) atoms. The van der Waals surface area contributed by atoms with Crippen LogP contribution in [0, 0.1) is 12.8 Å². The van der Waals surface area contributed by atoms with Crippen molar-refractivity contribution in [2.75, 3.05) is 32.2 Å². The smallest absolute Gasteiger partial charge is 0.159 e. The van der Waals surface area contributed by atoms with Crippen LogP contribution in [0.3, 0.4) is 0 Å². The predicted molar refractivity (Wildman–Crippen MR) is 73.4 cm³/mol. The van der Waals surface area contributed by atoms with Gasteiger partial charge in [0.2, 0.25) is 0 Å². The van der Waals surface area contributed by atoms with Crippen LogP contribution in [0.5, 0.6) is 5.75 Å². The lowest BCUT2D eigenvalue weighted by Crippen LogP contribution is -2.39. The first-order chi connectivity index (χ1) is 9.15. The van der Waals surface area contributed by atoms with Crippen molar-refractivity contribution in [3.05, 3.63) is 17.8 Å². The first-order valence-electron chi connectivity index (χ1n) is 6.63. The number of pyridine rings is 1. The second-order valence-corrected chi connectivity index (χ2v) is 4.94. The summed E-state index contributed by atoms with van der Waals surface area (Å²) >= 11 is 0. The molecule has 0 atom stereocenters. The molecule has 0 bridgehead atoms. The molecule has 1 fully saturated rings. The van der Waals surface area contributed by atoms with Crippen molar-refractivity contribution in [2.45, 2.75) is 26.1 Å². The molecule has 5 nitrogen and oxygen atoms in total. The van der Waals surface area contributed by atoms with E-state index in [0.29, 0.717) is 11.6 Å².